The summed E-state index contributed by atoms with van der Waals surface area (Å²) in [5, 5.41) is 14.3. The van der Waals surface area contributed by atoms with Gasteiger partial charge in [0.25, 0.3) is 0 Å². The minimum Gasteiger partial charge on any atom is -0.310 e. The SMILES string of the molecule is c1ccc(-c2ccc3c(c2)c2cc(N(c4ccccc4)c4ccc5ccccc5c4)ccc2c2c(-c4ccc(N(c5ccccc5)c5ccc6ccccc6c5)cc4)c(-c4ccccc4)cc(-c4ccc(N(c5ccccc5)c5ccc6ccccc6c5)cc4)c32)cc1. The van der Waals surface area contributed by atoms with E-state index in [4.69, 9.17) is 0 Å². The third kappa shape index (κ3) is 10.2. The van der Waals surface area contributed by atoms with Gasteiger partial charge in [-0.05, 0) is 230 Å². The number of hydrogen-bond donors (Lipinski definition) is 0. The number of benzene rings is 17. The molecule has 17 aromatic carbocycles. The third-order valence-corrected chi connectivity index (χ3v) is 18.5. The number of anilines is 9. The third-order valence-electron chi connectivity index (χ3n) is 18.5. The van der Waals surface area contributed by atoms with E-state index in [1.54, 1.807) is 0 Å². The lowest BCUT2D eigenvalue weighted by Gasteiger charge is -2.28. The first-order chi connectivity index (χ1) is 46.1. The zero-order valence-electron chi connectivity index (χ0n) is 51.1. The number of nitrogens with zero attached hydrogens (tertiary/aromatic N) is 3. The second kappa shape index (κ2) is 23.6. The first-order valence-corrected chi connectivity index (χ1v) is 32.0. The lowest BCUT2D eigenvalue weighted by molar-refractivity contribution is 1.29. The van der Waals surface area contributed by atoms with Crippen LogP contribution in [0, 0.1) is 0 Å². The molecule has 93 heavy (non-hydrogen) atoms. The molecule has 0 saturated carbocycles. The van der Waals surface area contributed by atoms with E-state index >= 15 is 0 Å². The number of rotatable bonds is 13. The molecule has 17 rings (SSSR count). The van der Waals surface area contributed by atoms with Crippen molar-refractivity contribution >= 4 is 116 Å². The van der Waals surface area contributed by atoms with E-state index in [1.165, 1.54) is 75.8 Å². The fraction of sp³-hybridized carbons (Fsp3) is 0. The van der Waals surface area contributed by atoms with Crippen molar-refractivity contribution in [1.82, 2.24) is 0 Å². The van der Waals surface area contributed by atoms with Crippen molar-refractivity contribution in [3.63, 3.8) is 0 Å². The van der Waals surface area contributed by atoms with Crippen LogP contribution in [0.15, 0.2) is 370 Å². The van der Waals surface area contributed by atoms with Crippen LogP contribution < -0.4 is 14.7 Å². The van der Waals surface area contributed by atoms with Gasteiger partial charge in [-0.25, -0.2) is 0 Å². The van der Waals surface area contributed by atoms with Crippen molar-refractivity contribution in [2.24, 2.45) is 0 Å². The molecular weight excluding hydrogens is 1120 g/mol. The number of hydrogen-bond acceptors (Lipinski definition) is 3. The van der Waals surface area contributed by atoms with Gasteiger partial charge < -0.3 is 14.7 Å². The van der Waals surface area contributed by atoms with Crippen LogP contribution in [-0.2, 0) is 0 Å². The van der Waals surface area contributed by atoms with Crippen molar-refractivity contribution in [3.05, 3.63) is 370 Å². The second-order valence-electron chi connectivity index (χ2n) is 24.0. The van der Waals surface area contributed by atoms with Gasteiger partial charge in [-0.2, -0.15) is 0 Å². The Morgan fingerprint density at radius 2 is 0.462 bits per heavy atom. The van der Waals surface area contributed by atoms with E-state index in [9.17, 15) is 0 Å². The van der Waals surface area contributed by atoms with Crippen molar-refractivity contribution < 1.29 is 0 Å². The van der Waals surface area contributed by atoms with Gasteiger partial charge in [0, 0.05) is 51.2 Å². The van der Waals surface area contributed by atoms with E-state index in [2.05, 4.69) is 385 Å². The van der Waals surface area contributed by atoms with Crippen molar-refractivity contribution in [1.29, 1.82) is 0 Å². The van der Waals surface area contributed by atoms with E-state index in [0.717, 1.165) is 84.6 Å². The molecule has 436 valence electrons. The summed E-state index contributed by atoms with van der Waals surface area (Å²) in [6.45, 7) is 0. The fourth-order valence-corrected chi connectivity index (χ4v) is 14.1. The summed E-state index contributed by atoms with van der Waals surface area (Å²) >= 11 is 0. The minimum absolute atomic E-state index is 1.07. The second-order valence-corrected chi connectivity index (χ2v) is 24.0. The van der Waals surface area contributed by atoms with E-state index < -0.39 is 0 Å². The Morgan fingerprint density at radius 3 is 0.935 bits per heavy atom. The fourth-order valence-electron chi connectivity index (χ4n) is 14.1. The highest BCUT2D eigenvalue weighted by molar-refractivity contribution is 6.33. The van der Waals surface area contributed by atoms with Crippen LogP contribution in [0.4, 0.5) is 51.2 Å². The van der Waals surface area contributed by atoms with E-state index in [1.807, 2.05) is 0 Å². The molecule has 0 aliphatic carbocycles. The maximum absolute atomic E-state index is 2.49. The molecular formula is C90H61N3. The Labute approximate surface area is 541 Å². The van der Waals surface area contributed by atoms with Crippen LogP contribution in [0.1, 0.15) is 0 Å². The molecule has 0 unspecified atom stereocenters. The molecule has 0 aliphatic heterocycles. The molecule has 0 amide bonds. The Bertz CT molecular complexity index is 5600. The normalized spacial score (nSPS) is 11.4. The molecule has 0 bridgehead atoms. The van der Waals surface area contributed by atoms with Gasteiger partial charge >= 0.3 is 0 Å². The Balaban J connectivity index is 0.948. The average molecular weight is 1180 g/mol. The topological polar surface area (TPSA) is 9.72 Å². The summed E-state index contributed by atoms with van der Waals surface area (Å²) in [4.78, 5) is 7.17. The molecule has 17 aromatic rings. The van der Waals surface area contributed by atoms with Gasteiger partial charge in [0.15, 0.2) is 0 Å². The molecule has 0 saturated heterocycles. The van der Waals surface area contributed by atoms with Crippen LogP contribution in [0.3, 0.4) is 0 Å². The molecule has 0 fully saturated rings. The first kappa shape index (κ1) is 54.8. The molecule has 0 spiro atoms. The Kier molecular flexibility index (Phi) is 13.9. The van der Waals surface area contributed by atoms with Gasteiger partial charge in [-0.3, -0.25) is 0 Å². The smallest absolute Gasteiger partial charge is 0.0468 e. The summed E-state index contributed by atoms with van der Waals surface area (Å²) in [5.74, 6) is 0. The Morgan fingerprint density at radius 1 is 0.151 bits per heavy atom. The van der Waals surface area contributed by atoms with Gasteiger partial charge in [0.2, 0.25) is 0 Å². The number of fused-ring (bicyclic) bond motifs is 9. The van der Waals surface area contributed by atoms with Gasteiger partial charge in [-0.15, -0.1) is 0 Å². The quantitative estimate of drug-likeness (QED) is 0.107. The monoisotopic (exact) mass is 1180 g/mol. The summed E-state index contributed by atoms with van der Waals surface area (Å²) in [6.07, 6.45) is 0. The molecule has 0 aromatic heterocycles. The summed E-state index contributed by atoms with van der Waals surface area (Å²) < 4.78 is 0. The lowest BCUT2D eigenvalue weighted by Crippen LogP contribution is -2.10. The molecule has 0 aliphatic rings. The molecule has 3 heteroatoms. The van der Waals surface area contributed by atoms with Gasteiger partial charge in [0.05, 0.1) is 0 Å². The van der Waals surface area contributed by atoms with Crippen molar-refractivity contribution in [2.45, 2.75) is 0 Å². The standard InChI is InChI=1S/C90H61N3/c1-6-22-62(23-7-1)72-45-54-82-86(59-72)87-60-81(93(75-36-14-5-15-37-75)80-52-40-65-26-18-21-31-71(65)58-80)53-55-83(87)90-88(68-43-48-77(49-44-68)92(74-34-12-4-13-35-74)79-51-39-64-25-17-20-30-70(64)57-79)84(66-27-8-2-9-28-66)61-85(89(82)90)67-41-46-76(47-42-67)91(73-32-10-3-11-33-73)78-50-38-63-24-16-19-29-69(63)56-78/h1-61H. The van der Waals surface area contributed by atoms with Gasteiger partial charge in [-0.1, -0.05) is 249 Å². The predicted molar refractivity (Wildman–Crippen MR) is 397 cm³/mol. The maximum Gasteiger partial charge on any atom is 0.0468 e. The largest absolute Gasteiger partial charge is 0.310 e. The minimum atomic E-state index is 1.07. The van der Waals surface area contributed by atoms with Gasteiger partial charge in [0.1, 0.15) is 0 Å². The highest BCUT2D eigenvalue weighted by Crippen LogP contribution is 2.52. The zero-order chi connectivity index (χ0) is 61.6. The van der Waals surface area contributed by atoms with Crippen molar-refractivity contribution in [2.75, 3.05) is 14.7 Å². The highest BCUT2D eigenvalue weighted by Gasteiger charge is 2.25. The summed E-state index contributed by atoms with van der Waals surface area (Å²) in [7, 11) is 0. The summed E-state index contributed by atoms with van der Waals surface area (Å²) in [5.41, 5.74) is 19.0. The van der Waals surface area contributed by atoms with Crippen LogP contribution in [-0.4, -0.2) is 0 Å². The van der Waals surface area contributed by atoms with Crippen molar-refractivity contribution in [3.8, 4) is 44.5 Å². The molecule has 0 N–H and O–H groups in total. The summed E-state index contributed by atoms with van der Waals surface area (Å²) in [6, 6.07) is 136. The maximum atomic E-state index is 2.49. The van der Waals surface area contributed by atoms with Crippen LogP contribution in [0.25, 0.3) is 109 Å². The molecule has 3 nitrogen and oxygen atoms in total. The van der Waals surface area contributed by atoms with E-state index in [0.29, 0.717) is 0 Å². The Hall–Kier alpha value is -12.3. The lowest BCUT2D eigenvalue weighted by atomic mass is 9.81. The van der Waals surface area contributed by atoms with Crippen LogP contribution in [0.2, 0.25) is 0 Å². The highest BCUT2D eigenvalue weighted by atomic mass is 15.2. The zero-order valence-corrected chi connectivity index (χ0v) is 51.1. The predicted octanol–water partition coefficient (Wildman–Crippen LogP) is 25.7. The average Bonchev–Trinajstić information content (AvgIpc) is 0.710. The molecule has 0 radical (unpaired) electrons. The number of para-hydroxylation sites is 3. The molecule has 0 heterocycles. The molecule has 0 atom stereocenters. The first-order valence-electron chi connectivity index (χ1n) is 32.0. The van der Waals surface area contributed by atoms with Crippen LogP contribution in [0.5, 0.6) is 0 Å². The van der Waals surface area contributed by atoms with Crippen LogP contribution >= 0.6 is 0 Å². The van der Waals surface area contributed by atoms with E-state index in [-0.39, 0.29) is 0 Å².